The summed E-state index contributed by atoms with van der Waals surface area (Å²) in [5.74, 6) is 1.25. The molecule has 1 unspecified atom stereocenters. The molecule has 0 spiro atoms. The molecule has 1 aliphatic heterocycles. The Morgan fingerprint density at radius 1 is 1.16 bits per heavy atom. The molecule has 0 radical (unpaired) electrons. The minimum atomic E-state index is -0.0484. The summed E-state index contributed by atoms with van der Waals surface area (Å²) in [4.78, 5) is 22.4. The Hall–Kier alpha value is -3.41. The van der Waals surface area contributed by atoms with Gasteiger partial charge in [0, 0.05) is 41.7 Å². The highest BCUT2D eigenvalue weighted by atomic mass is 16.5. The van der Waals surface area contributed by atoms with Crippen LogP contribution in [0.2, 0.25) is 0 Å². The quantitative estimate of drug-likeness (QED) is 0.461. The van der Waals surface area contributed by atoms with Crippen molar-refractivity contribution >= 4 is 22.5 Å². The van der Waals surface area contributed by atoms with Crippen molar-refractivity contribution in [1.29, 1.82) is 0 Å². The van der Waals surface area contributed by atoms with Crippen molar-refractivity contribution in [3.05, 3.63) is 77.6 Å². The number of fused-ring (bicyclic) bond motifs is 1. The molecule has 3 heterocycles. The first-order chi connectivity index (χ1) is 15.2. The van der Waals surface area contributed by atoms with Gasteiger partial charge in [0.2, 0.25) is 11.8 Å². The predicted octanol–water partition coefficient (Wildman–Crippen LogP) is 5.00. The van der Waals surface area contributed by atoms with E-state index in [9.17, 15) is 4.79 Å². The third-order valence-corrected chi connectivity index (χ3v) is 6.06. The highest BCUT2D eigenvalue weighted by Gasteiger charge is 2.34. The summed E-state index contributed by atoms with van der Waals surface area (Å²) in [6.07, 6.45) is 6.41. The largest absolute Gasteiger partial charge is 0.361 e. The highest BCUT2D eigenvalue weighted by molar-refractivity contribution is 5.96. The highest BCUT2D eigenvalue weighted by Crippen LogP contribution is 2.31. The molecule has 0 bridgehead atoms. The van der Waals surface area contributed by atoms with Gasteiger partial charge in [-0.1, -0.05) is 48.8 Å². The predicted molar refractivity (Wildman–Crippen MR) is 120 cm³/mol. The Balaban J connectivity index is 1.27. The number of carbonyl (C=O) groups is 1. The molecule has 1 saturated heterocycles. The number of carbonyl (C=O) groups excluding carboxylic acids is 1. The van der Waals surface area contributed by atoms with Gasteiger partial charge >= 0.3 is 0 Å². The van der Waals surface area contributed by atoms with Crippen LogP contribution in [0, 0.1) is 0 Å². The fourth-order valence-corrected chi connectivity index (χ4v) is 4.30. The van der Waals surface area contributed by atoms with Gasteiger partial charge in [-0.3, -0.25) is 4.79 Å². The van der Waals surface area contributed by atoms with E-state index in [4.69, 9.17) is 4.52 Å². The molecular weight excluding hydrogens is 388 g/mol. The van der Waals surface area contributed by atoms with Crippen LogP contribution in [-0.2, 0) is 17.6 Å². The second kappa shape index (κ2) is 8.38. The van der Waals surface area contributed by atoms with E-state index in [1.807, 2.05) is 41.4 Å². The van der Waals surface area contributed by atoms with Crippen molar-refractivity contribution in [2.45, 2.75) is 44.9 Å². The standard InChI is InChI=1S/C25H26N4O2/c1-2-3-6-17-9-11-20(12-10-17)29-16-19(14-24(29)30)25-27-23(31-28-25)13-18-15-26-22-8-5-4-7-21(18)22/h4-5,7-12,15,19,26H,2-3,6,13-14,16H2,1H3. The van der Waals surface area contributed by atoms with E-state index >= 15 is 0 Å². The van der Waals surface area contributed by atoms with Crippen molar-refractivity contribution in [2.75, 3.05) is 11.4 Å². The molecule has 2 aromatic carbocycles. The normalized spacial score (nSPS) is 16.5. The Morgan fingerprint density at radius 3 is 2.84 bits per heavy atom. The molecule has 1 N–H and O–H groups in total. The zero-order valence-electron chi connectivity index (χ0n) is 17.7. The number of aryl methyl sites for hydroxylation is 1. The van der Waals surface area contributed by atoms with E-state index in [2.05, 4.69) is 40.2 Å². The first kappa shape index (κ1) is 19.5. The number of nitrogens with zero attached hydrogens (tertiary/aromatic N) is 3. The summed E-state index contributed by atoms with van der Waals surface area (Å²) in [6.45, 7) is 2.78. The Labute approximate surface area is 181 Å². The molecule has 5 rings (SSSR count). The lowest BCUT2D eigenvalue weighted by Crippen LogP contribution is -2.24. The van der Waals surface area contributed by atoms with Crippen molar-refractivity contribution < 1.29 is 9.32 Å². The summed E-state index contributed by atoms with van der Waals surface area (Å²) in [6, 6.07) is 16.5. The molecule has 1 fully saturated rings. The van der Waals surface area contributed by atoms with Gasteiger partial charge in [-0.05, 0) is 42.2 Å². The third kappa shape index (κ3) is 3.98. The SMILES string of the molecule is CCCCc1ccc(N2CC(c3noc(Cc4c[nH]c5ccccc45)n3)CC2=O)cc1. The number of unbranched alkanes of at least 4 members (excludes halogenated alkanes) is 1. The van der Waals surface area contributed by atoms with E-state index in [1.165, 1.54) is 18.4 Å². The lowest BCUT2D eigenvalue weighted by molar-refractivity contribution is -0.117. The fraction of sp³-hybridized carbons (Fsp3) is 0.320. The summed E-state index contributed by atoms with van der Waals surface area (Å²) >= 11 is 0. The molecule has 1 aliphatic rings. The number of H-pyrrole nitrogens is 1. The van der Waals surface area contributed by atoms with Crippen LogP contribution in [-0.4, -0.2) is 27.6 Å². The van der Waals surface area contributed by atoms with Gasteiger partial charge in [0.25, 0.3) is 0 Å². The Morgan fingerprint density at radius 2 is 2.00 bits per heavy atom. The van der Waals surface area contributed by atoms with Gasteiger partial charge in [-0.25, -0.2) is 0 Å². The van der Waals surface area contributed by atoms with E-state index < -0.39 is 0 Å². The third-order valence-electron chi connectivity index (χ3n) is 6.06. The van der Waals surface area contributed by atoms with Crippen LogP contribution in [0.3, 0.4) is 0 Å². The summed E-state index contributed by atoms with van der Waals surface area (Å²) < 4.78 is 5.52. The average molecular weight is 415 g/mol. The molecule has 6 heteroatoms. The number of amides is 1. The summed E-state index contributed by atoms with van der Waals surface area (Å²) in [7, 11) is 0. The van der Waals surface area contributed by atoms with Crippen LogP contribution >= 0.6 is 0 Å². The molecular formula is C25H26N4O2. The van der Waals surface area contributed by atoms with Crippen molar-refractivity contribution in [2.24, 2.45) is 0 Å². The van der Waals surface area contributed by atoms with Gasteiger partial charge in [0.1, 0.15) is 0 Å². The molecule has 31 heavy (non-hydrogen) atoms. The van der Waals surface area contributed by atoms with Gasteiger partial charge in [-0.15, -0.1) is 0 Å². The van der Waals surface area contributed by atoms with Crippen LogP contribution in [0.25, 0.3) is 10.9 Å². The maximum atomic E-state index is 12.7. The number of anilines is 1. The topological polar surface area (TPSA) is 75.0 Å². The number of nitrogens with one attached hydrogen (secondary N) is 1. The smallest absolute Gasteiger partial charge is 0.231 e. The van der Waals surface area contributed by atoms with E-state index in [1.54, 1.807) is 0 Å². The van der Waals surface area contributed by atoms with Crippen LogP contribution in [0.4, 0.5) is 5.69 Å². The second-order valence-corrected chi connectivity index (χ2v) is 8.26. The second-order valence-electron chi connectivity index (χ2n) is 8.26. The fourth-order valence-electron chi connectivity index (χ4n) is 4.30. The maximum Gasteiger partial charge on any atom is 0.231 e. The van der Waals surface area contributed by atoms with Crippen LogP contribution in [0.15, 0.2) is 59.3 Å². The number of hydrogen-bond donors (Lipinski definition) is 1. The van der Waals surface area contributed by atoms with Crippen LogP contribution < -0.4 is 4.90 Å². The molecule has 1 atom stereocenters. The van der Waals surface area contributed by atoms with Crippen molar-refractivity contribution in [3.63, 3.8) is 0 Å². The van der Waals surface area contributed by atoms with E-state index in [-0.39, 0.29) is 11.8 Å². The number of aromatic nitrogens is 3. The van der Waals surface area contributed by atoms with Crippen LogP contribution in [0.1, 0.15) is 54.9 Å². The average Bonchev–Trinajstić information content (AvgIpc) is 3.52. The first-order valence-electron chi connectivity index (χ1n) is 11.0. The molecule has 1 amide bonds. The van der Waals surface area contributed by atoms with E-state index in [0.717, 1.165) is 28.6 Å². The number of benzene rings is 2. The number of hydrogen-bond acceptors (Lipinski definition) is 4. The summed E-state index contributed by atoms with van der Waals surface area (Å²) in [5, 5.41) is 5.35. The molecule has 158 valence electrons. The number of aromatic amines is 1. The van der Waals surface area contributed by atoms with Gasteiger partial charge in [0.05, 0.1) is 6.42 Å². The van der Waals surface area contributed by atoms with E-state index in [0.29, 0.717) is 31.1 Å². The van der Waals surface area contributed by atoms with Gasteiger partial charge in [0.15, 0.2) is 5.82 Å². The zero-order chi connectivity index (χ0) is 21.2. The molecule has 0 aliphatic carbocycles. The number of rotatable bonds is 7. The molecule has 0 saturated carbocycles. The van der Waals surface area contributed by atoms with Gasteiger partial charge in [-0.2, -0.15) is 4.98 Å². The zero-order valence-corrected chi connectivity index (χ0v) is 17.7. The van der Waals surface area contributed by atoms with Crippen molar-refractivity contribution in [3.8, 4) is 0 Å². The Bertz CT molecular complexity index is 1190. The monoisotopic (exact) mass is 414 g/mol. The number of para-hydroxylation sites is 1. The van der Waals surface area contributed by atoms with Crippen molar-refractivity contribution in [1.82, 2.24) is 15.1 Å². The molecule has 2 aromatic heterocycles. The lowest BCUT2D eigenvalue weighted by Gasteiger charge is -2.16. The minimum Gasteiger partial charge on any atom is -0.361 e. The Kier molecular flexibility index (Phi) is 5.28. The lowest BCUT2D eigenvalue weighted by atomic mass is 10.1. The minimum absolute atomic E-state index is 0.0484. The van der Waals surface area contributed by atoms with Crippen LogP contribution in [0.5, 0.6) is 0 Å². The molecule has 4 aromatic rings. The maximum absolute atomic E-state index is 12.7. The molecule has 6 nitrogen and oxygen atoms in total. The summed E-state index contributed by atoms with van der Waals surface area (Å²) in [5.41, 5.74) is 4.47. The van der Waals surface area contributed by atoms with Gasteiger partial charge < -0.3 is 14.4 Å². The first-order valence-corrected chi connectivity index (χ1v) is 11.0.